The Hall–Kier alpha value is -2.07. The molecule has 3 nitrogen and oxygen atoms in total. The molecule has 0 saturated carbocycles. The average Bonchev–Trinajstić information content (AvgIpc) is 2.45. The van der Waals surface area contributed by atoms with Gasteiger partial charge in [0.25, 0.3) is 0 Å². The van der Waals surface area contributed by atoms with Crippen molar-refractivity contribution < 1.29 is 14.3 Å². The number of aliphatic carboxylic acids is 1. The molecule has 0 saturated heterocycles. The highest BCUT2D eigenvalue weighted by Crippen LogP contribution is 2.31. The molecule has 0 aromatic heterocycles. The van der Waals surface area contributed by atoms with Crippen LogP contribution in [0.4, 0.5) is 10.1 Å². The molecule has 2 aromatic rings. The second-order valence-electron chi connectivity index (χ2n) is 4.71. The molecule has 0 fully saturated rings. The fourth-order valence-corrected chi connectivity index (χ4v) is 2.37. The van der Waals surface area contributed by atoms with Gasteiger partial charge in [-0.2, -0.15) is 0 Å². The van der Waals surface area contributed by atoms with Gasteiger partial charge in [0, 0.05) is 10.7 Å². The van der Waals surface area contributed by atoms with Gasteiger partial charge in [-0.05, 0) is 42.3 Å². The van der Waals surface area contributed by atoms with Crippen LogP contribution in [0.15, 0.2) is 48.5 Å². The first kappa shape index (κ1) is 15.3. The van der Waals surface area contributed by atoms with Gasteiger partial charge >= 0.3 is 5.97 Å². The minimum absolute atomic E-state index is 0.292. The molecule has 21 heavy (non-hydrogen) atoms. The fourth-order valence-electron chi connectivity index (χ4n) is 2.24. The van der Waals surface area contributed by atoms with Crippen LogP contribution in [0.5, 0.6) is 0 Å². The van der Waals surface area contributed by atoms with Crippen LogP contribution in [-0.4, -0.2) is 11.1 Å². The van der Waals surface area contributed by atoms with Crippen molar-refractivity contribution in [3.05, 3.63) is 64.9 Å². The highest BCUT2D eigenvalue weighted by Gasteiger charge is 2.38. The first-order valence-electron chi connectivity index (χ1n) is 6.51. The predicted molar refractivity (Wildman–Crippen MR) is 81.1 cm³/mol. The van der Waals surface area contributed by atoms with Crippen molar-refractivity contribution in [2.24, 2.45) is 0 Å². The van der Waals surface area contributed by atoms with Crippen molar-refractivity contribution in [2.45, 2.75) is 18.9 Å². The number of carbonyl (C=O) groups is 1. The number of hydrogen-bond acceptors (Lipinski definition) is 2. The summed E-state index contributed by atoms with van der Waals surface area (Å²) in [6.07, 6.45) is 0.292. The van der Waals surface area contributed by atoms with E-state index in [1.54, 1.807) is 37.3 Å². The Morgan fingerprint density at radius 2 is 1.95 bits per heavy atom. The van der Waals surface area contributed by atoms with Crippen molar-refractivity contribution in [2.75, 3.05) is 5.32 Å². The number of carboxylic acids is 1. The van der Waals surface area contributed by atoms with E-state index in [0.29, 0.717) is 22.7 Å². The van der Waals surface area contributed by atoms with E-state index < -0.39 is 17.3 Å². The molecule has 0 radical (unpaired) electrons. The third-order valence-electron chi connectivity index (χ3n) is 3.41. The van der Waals surface area contributed by atoms with Crippen LogP contribution in [0, 0.1) is 5.82 Å². The Morgan fingerprint density at radius 3 is 2.48 bits per heavy atom. The largest absolute Gasteiger partial charge is 0.479 e. The maximum absolute atomic E-state index is 13.3. The smallest absolute Gasteiger partial charge is 0.334 e. The minimum Gasteiger partial charge on any atom is -0.479 e. The minimum atomic E-state index is -1.33. The molecule has 0 bridgehead atoms. The summed E-state index contributed by atoms with van der Waals surface area (Å²) < 4.78 is 13.3. The van der Waals surface area contributed by atoms with Crippen molar-refractivity contribution >= 4 is 23.3 Å². The summed E-state index contributed by atoms with van der Waals surface area (Å²) in [6.45, 7) is 1.76. The molecular formula is C16H15ClFNO2. The molecule has 2 aromatic carbocycles. The fraction of sp³-hybridized carbons (Fsp3) is 0.188. The predicted octanol–water partition coefficient (Wildman–Crippen LogP) is 4.28. The van der Waals surface area contributed by atoms with E-state index in [0.717, 1.165) is 0 Å². The maximum atomic E-state index is 13.3. The Balaban J connectivity index is 2.46. The lowest BCUT2D eigenvalue weighted by atomic mass is 9.87. The molecule has 0 aliphatic carbocycles. The number of anilines is 1. The van der Waals surface area contributed by atoms with Gasteiger partial charge in [-0.3, -0.25) is 0 Å². The molecule has 0 aliphatic heterocycles. The Labute approximate surface area is 127 Å². The molecular weight excluding hydrogens is 293 g/mol. The lowest BCUT2D eigenvalue weighted by Crippen LogP contribution is -2.43. The molecule has 2 rings (SSSR count). The van der Waals surface area contributed by atoms with Crippen LogP contribution in [0.2, 0.25) is 5.02 Å². The van der Waals surface area contributed by atoms with E-state index in [1.165, 1.54) is 18.2 Å². The zero-order valence-corrected chi connectivity index (χ0v) is 12.2. The SMILES string of the molecule is CCC(Nc1cccc(F)c1)(C(=O)O)c1ccc(Cl)cc1. The number of nitrogens with one attached hydrogen (secondary N) is 1. The zero-order valence-electron chi connectivity index (χ0n) is 11.4. The van der Waals surface area contributed by atoms with Gasteiger partial charge in [-0.15, -0.1) is 0 Å². The van der Waals surface area contributed by atoms with Gasteiger partial charge in [0.05, 0.1) is 0 Å². The van der Waals surface area contributed by atoms with Gasteiger partial charge in [0.2, 0.25) is 0 Å². The number of benzene rings is 2. The summed E-state index contributed by atoms with van der Waals surface area (Å²) in [5, 5.41) is 13.2. The second-order valence-corrected chi connectivity index (χ2v) is 5.14. The molecule has 2 N–H and O–H groups in total. The quantitative estimate of drug-likeness (QED) is 0.866. The normalized spacial score (nSPS) is 13.5. The third kappa shape index (κ3) is 3.16. The second kappa shape index (κ2) is 6.14. The van der Waals surface area contributed by atoms with Crippen molar-refractivity contribution in [3.63, 3.8) is 0 Å². The van der Waals surface area contributed by atoms with E-state index in [4.69, 9.17) is 11.6 Å². The monoisotopic (exact) mass is 307 g/mol. The molecule has 0 heterocycles. The van der Waals surface area contributed by atoms with E-state index >= 15 is 0 Å². The number of hydrogen-bond donors (Lipinski definition) is 2. The standard InChI is InChI=1S/C16H15ClFNO2/c1-2-16(15(20)21,11-6-8-12(17)9-7-11)19-14-5-3-4-13(18)10-14/h3-10,19H,2H2,1H3,(H,20,21). The van der Waals surface area contributed by atoms with Crippen LogP contribution in [0.25, 0.3) is 0 Å². The maximum Gasteiger partial charge on any atom is 0.334 e. The highest BCUT2D eigenvalue weighted by molar-refractivity contribution is 6.30. The lowest BCUT2D eigenvalue weighted by Gasteiger charge is -2.31. The number of halogens is 2. The topological polar surface area (TPSA) is 49.3 Å². The van der Waals surface area contributed by atoms with Gasteiger partial charge in [-0.1, -0.05) is 36.7 Å². The number of rotatable bonds is 5. The molecule has 5 heteroatoms. The average molecular weight is 308 g/mol. The van der Waals surface area contributed by atoms with Gasteiger partial charge in [0.1, 0.15) is 5.82 Å². The van der Waals surface area contributed by atoms with E-state index in [-0.39, 0.29) is 0 Å². The molecule has 0 amide bonds. The van der Waals surface area contributed by atoms with Crippen LogP contribution in [0.3, 0.4) is 0 Å². The molecule has 110 valence electrons. The Morgan fingerprint density at radius 1 is 1.29 bits per heavy atom. The van der Waals surface area contributed by atoms with Crippen LogP contribution >= 0.6 is 11.6 Å². The van der Waals surface area contributed by atoms with Gasteiger partial charge in [0.15, 0.2) is 5.54 Å². The summed E-state index contributed by atoms with van der Waals surface area (Å²) in [7, 11) is 0. The third-order valence-corrected chi connectivity index (χ3v) is 3.67. The molecule has 1 atom stereocenters. The van der Waals surface area contributed by atoms with Crippen molar-refractivity contribution in [1.82, 2.24) is 0 Å². The summed E-state index contributed by atoms with van der Waals surface area (Å²) in [5.41, 5.74) is -0.362. The van der Waals surface area contributed by atoms with Crippen LogP contribution in [0.1, 0.15) is 18.9 Å². The van der Waals surface area contributed by atoms with Crippen molar-refractivity contribution in [1.29, 1.82) is 0 Å². The van der Waals surface area contributed by atoms with Crippen LogP contribution < -0.4 is 5.32 Å². The van der Waals surface area contributed by atoms with E-state index in [9.17, 15) is 14.3 Å². The molecule has 0 aliphatic rings. The Bertz CT molecular complexity index is 645. The zero-order chi connectivity index (χ0) is 15.5. The van der Waals surface area contributed by atoms with E-state index in [2.05, 4.69) is 5.32 Å². The first-order chi connectivity index (χ1) is 9.98. The molecule has 1 unspecified atom stereocenters. The Kier molecular flexibility index (Phi) is 4.48. The highest BCUT2D eigenvalue weighted by atomic mass is 35.5. The molecule has 0 spiro atoms. The summed E-state index contributed by atoms with van der Waals surface area (Å²) >= 11 is 5.85. The van der Waals surface area contributed by atoms with E-state index in [1.807, 2.05) is 0 Å². The van der Waals surface area contributed by atoms with Gasteiger partial charge < -0.3 is 10.4 Å². The van der Waals surface area contributed by atoms with Crippen molar-refractivity contribution in [3.8, 4) is 0 Å². The first-order valence-corrected chi connectivity index (χ1v) is 6.89. The lowest BCUT2D eigenvalue weighted by molar-refractivity contribution is -0.142. The van der Waals surface area contributed by atoms with Gasteiger partial charge in [-0.25, -0.2) is 9.18 Å². The summed E-state index contributed by atoms with van der Waals surface area (Å²) in [6, 6.07) is 12.3. The summed E-state index contributed by atoms with van der Waals surface area (Å²) in [4.78, 5) is 11.8. The summed E-state index contributed by atoms with van der Waals surface area (Å²) in [5.74, 6) is -1.46. The van der Waals surface area contributed by atoms with Crippen LogP contribution in [-0.2, 0) is 10.3 Å². The number of carboxylic acid groups (broad SMARTS) is 1.